The summed E-state index contributed by atoms with van der Waals surface area (Å²) in [6.07, 6.45) is 5.69. The third kappa shape index (κ3) is 2.28. The van der Waals surface area contributed by atoms with Gasteiger partial charge in [0.2, 0.25) is 0 Å². The summed E-state index contributed by atoms with van der Waals surface area (Å²) in [5.74, 6) is 0.677. The van der Waals surface area contributed by atoms with Crippen molar-refractivity contribution >= 4 is 11.8 Å². The molecule has 1 aromatic heterocycles. The van der Waals surface area contributed by atoms with Gasteiger partial charge in [0.1, 0.15) is 6.54 Å². The molecule has 0 unspecified atom stereocenters. The first-order valence-electron chi connectivity index (χ1n) is 6.37. The fraction of sp³-hybridized carbons (Fsp3) is 0.583. The van der Waals surface area contributed by atoms with Crippen LogP contribution in [0.1, 0.15) is 18.5 Å². The molecule has 2 aliphatic heterocycles. The van der Waals surface area contributed by atoms with Crippen LogP contribution in [-0.2, 0) is 4.74 Å². The van der Waals surface area contributed by atoms with Gasteiger partial charge in [-0.15, -0.1) is 0 Å². The van der Waals surface area contributed by atoms with Crippen LogP contribution in [0.3, 0.4) is 0 Å². The first-order valence-corrected chi connectivity index (χ1v) is 6.37. The van der Waals surface area contributed by atoms with Crippen LogP contribution in [0.15, 0.2) is 17.4 Å². The highest BCUT2D eigenvalue weighted by atomic mass is 16.5. The summed E-state index contributed by atoms with van der Waals surface area (Å²) in [5.41, 5.74) is 0.798. The van der Waals surface area contributed by atoms with E-state index in [1.807, 2.05) is 6.92 Å². The summed E-state index contributed by atoms with van der Waals surface area (Å²) in [4.78, 5) is 12.8. The average molecular weight is 248 g/mol. The summed E-state index contributed by atoms with van der Waals surface area (Å²) in [7, 11) is 0. The lowest BCUT2D eigenvalue weighted by molar-refractivity contribution is -0.675. The lowest BCUT2D eigenvalue weighted by atomic mass is 9.95. The van der Waals surface area contributed by atoms with Gasteiger partial charge in [0, 0.05) is 12.8 Å². The molecule has 0 saturated carbocycles. The molecule has 1 saturated heterocycles. The van der Waals surface area contributed by atoms with Gasteiger partial charge in [-0.25, -0.2) is 9.98 Å². The quantitative estimate of drug-likeness (QED) is 0.714. The lowest BCUT2D eigenvalue weighted by Crippen LogP contribution is -2.90. The van der Waals surface area contributed by atoms with Crippen molar-refractivity contribution in [2.45, 2.75) is 25.4 Å². The van der Waals surface area contributed by atoms with E-state index < -0.39 is 0 Å². The minimum absolute atomic E-state index is 0.0985. The van der Waals surface area contributed by atoms with E-state index in [0.29, 0.717) is 11.8 Å². The van der Waals surface area contributed by atoms with Crippen LogP contribution in [0.25, 0.3) is 0 Å². The maximum absolute atomic E-state index is 5.96. The molecule has 6 nitrogen and oxygen atoms in total. The lowest BCUT2D eigenvalue weighted by Gasteiger charge is -2.29. The standard InChI is InChI=1S/C12H17N5O/c1-9-5-15-10(6-14-9)17-11-16-8-12(18-11)3-2-4-13-7-12/h5-6,13H,2-4,7-8H2,1H3,(H,15,16,17)/p+1/t12-/m1/s1. The Hall–Kier alpha value is -1.69. The van der Waals surface area contributed by atoms with Crippen LogP contribution in [0, 0.1) is 6.92 Å². The molecule has 0 aromatic carbocycles. The Kier molecular flexibility index (Phi) is 2.87. The van der Waals surface area contributed by atoms with E-state index >= 15 is 0 Å². The number of aliphatic imine (C=N–C) groups is 1. The molecule has 18 heavy (non-hydrogen) atoms. The number of nitrogens with two attached hydrogens (primary N) is 1. The smallest absolute Gasteiger partial charge is 0.291 e. The van der Waals surface area contributed by atoms with E-state index in [2.05, 4.69) is 25.6 Å². The van der Waals surface area contributed by atoms with Crippen molar-refractivity contribution in [2.24, 2.45) is 4.99 Å². The van der Waals surface area contributed by atoms with Crippen molar-refractivity contribution in [1.29, 1.82) is 0 Å². The molecule has 1 spiro atoms. The van der Waals surface area contributed by atoms with E-state index in [9.17, 15) is 0 Å². The average Bonchev–Trinajstić information content (AvgIpc) is 2.76. The Bertz CT molecular complexity index is 450. The van der Waals surface area contributed by atoms with Crippen molar-refractivity contribution in [3.05, 3.63) is 18.1 Å². The maximum atomic E-state index is 5.96. The number of anilines is 1. The second-order valence-electron chi connectivity index (χ2n) is 4.96. The molecule has 96 valence electrons. The Balaban J connectivity index is 1.63. The molecule has 0 radical (unpaired) electrons. The van der Waals surface area contributed by atoms with Gasteiger partial charge in [0.15, 0.2) is 11.4 Å². The fourth-order valence-electron chi connectivity index (χ4n) is 2.39. The van der Waals surface area contributed by atoms with Crippen LogP contribution in [0.2, 0.25) is 0 Å². The predicted molar refractivity (Wildman–Crippen MR) is 67.4 cm³/mol. The van der Waals surface area contributed by atoms with Crippen molar-refractivity contribution in [3.63, 3.8) is 0 Å². The molecule has 3 heterocycles. The van der Waals surface area contributed by atoms with E-state index in [4.69, 9.17) is 4.74 Å². The predicted octanol–water partition coefficient (Wildman–Crippen LogP) is -0.321. The second kappa shape index (κ2) is 4.53. The third-order valence-electron chi connectivity index (χ3n) is 3.40. The van der Waals surface area contributed by atoms with E-state index in [0.717, 1.165) is 25.2 Å². The van der Waals surface area contributed by atoms with Crippen LogP contribution in [0.5, 0.6) is 0 Å². The normalized spacial score (nSPS) is 26.8. The van der Waals surface area contributed by atoms with E-state index in [1.165, 1.54) is 13.0 Å². The van der Waals surface area contributed by atoms with Gasteiger partial charge >= 0.3 is 0 Å². The van der Waals surface area contributed by atoms with E-state index in [1.54, 1.807) is 12.4 Å². The number of nitrogens with one attached hydrogen (secondary N) is 1. The van der Waals surface area contributed by atoms with Crippen LogP contribution in [0.4, 0.5) is 5.82 Å². The summed E-state index contributed by atoms with van der Waals surface area (Å²) in [5, 5.41) is 5.38. The summed E-state index contributed by atoms with van der Waals surface area (Å²) in [6, 6.07) is 0.573. The molecule has 0 bridgehead atoms. The third-order valence-corrected chi connectivity index (χ3v) is 3.40. The number of aromatic nitrogens is 2. The van der Waals surface area contributed by atoms with E-state index in [-0.39, 0.29) is 5.60 Å². The first-order chi connectivity index (χ1) is 8.76. The number of aryl methyl sites for hydroxylation is 1. The molecular formula is C12H18N5O+. The number of rotatable bonds is 1. The number of hydrogen-bond acceptors (Lipinski definition) is 5. The zero-order valence-corrected chi connectivity index (χ0v) is 10.5. The first kappa shape index (κ1) is 11.4. The fourth-order valence-corrected chi connectivity index (χ4v) is 2.39. The molecule has 3 rings (SSSR count). The molecule has 1 aromatic rings. The number of ether oxygens (including phenoxy) is 1. The van der Waals surface area contributed by atoms with Crippen LogP contribution >= 0.6 is 0 Å². The second-order valence-corrected chi connectivity index (χ2v) is 4.96. The highest BCUT2D eigenvalue weighted by molar-refractivity contribution is 5.89. The highest BCUT2D eigenvalue weighted by Gasteiger charge is 2.41. The number of hydrogen-bond donors (Lipinski definition) is 2. The van der Waals surface area contributed by atoms with Crippen LogP contribution in [-0.4, -0.2) is 41.2 Å². The number of amidine groups is 1. The Morgan fingerprint density at radius 3 is 3.06 bits per heavy atom. The Labute approximate surface area is 106 Å². The molecule has 6 heteroatoms. The zero-order chi connectivity index (χ0) is 12.4. The monoisotopic (exact) mass is 248 g/mol. The van der Waals surface area contributed by atoms with Crippen molar-refractivity contribution in [2.75, 3.05) is 25.0 Å². The van der Waals surface area contributed by atoms with Gasteiger partial charge in [0.25, 0.3) is 6.02 Å². The molecular weight excluding hydrogens is 230 g/mol. The van der Waals surface area contributed by atoms with Gasteiger partial charge < -0.3 is 10.1 Å². The largest absolute Gasteiger partial charge is 0.450 e. The van der Waals surface area contributed by atoms with Gasteiger partial charge in [-0.3, -0.25) is 10.3 Å². The Morgan fingerprint density at radius 1 is 1.39 bits per heavy atom. The minimum Gasteiger partial charge on any atom is -0.450 e. The number of nitrogens with zero attached hydrogens (tertiary/aromatic N) is 3. The van der Waals surface area contributed by atoms with Crippen molar-refractivity contribution < 1.29 is 10.1 Å². The van der Waals surface area contributed by atoms with Gasteiger partial charge in [-0.2, -0.15) is 0 Å². The molecule has 2 aliphatic rings. The summed E-state index contributed by atoms with van der Waals surface area (Å²) < 4.78 is 5.96. The highest BCUT2D eigenvalue weighted by Crippen LogP contribution is 2.24. The molecule has 1 atom stereocenters. The molecule has 1 fully saturated rings. The maximum Gasteiger partial charge on any atom is 0.291 e. The minimum atomic E-state index is -0.0985. The van der Waals surface area contributed by atoms with Crippen LogP contribution < -0.4 is 10.6 Å². The number of piperidine rings is 1. The van der Waals surface area contributed by atoms with Gasteiger partial charge in [0.05, 0.1) is 31.2 Å². The molecule has 0 aliphatic carbocycles. The van der Waals surface area contributed by atoms with Gasteiger partial charge in [-0.1, -0.05) is 0 Å². The number of quaternary nitrogens is 1. The SMILES string of the molecule is Cc1cnc(NC2=NC[C@]3(CCC[NH2+]C3)O2)cn1. The van der Waals surface area contributed by atoms with Gasteiger partial charge in [-0.05, 0) is 6.92 Å². The molecule has 0 amide bonds. The molecule has 3 N–H and O–H groups in total. The zero-order valence-electron chi connectivity index (χ0n) is 10.5. The summed E-state index contributed by atoms with van der Waals surface area (Å²) in [6.45, 7) is 4.83. The Morgan fingerprint density at radius 2 is 2.33 bits per heavy atom. The summed E-state index contributed by atoms with van der Waals surface area (Å²) >= 11 is 0. The topological polar surface area (TPSA) is 76.0 Å². The van der Waals surface area contributed by atoms with Crippen molar-refractivity contribution in [3.8, 4) is 0 Å². The van der Waals surface area contributed by atoms with Crippen molar-refractivity contribution in [1.82, 2.24) is 9.97 Å².